The highest BCUT2D eigenvalue weighted by Crippen LogP contribution is 2.37. The third kappa shape index (κ3) is 3.67. The van der Waals surface area contributed by atoms with Crippen LogP contribution in [0.15, 0.2) is 43.0 Å². The first-order chi connectivity index (χ1) is 14.7. The van der Waals surface area contributed by atoms with E-state index >= 15 is 0 Å². The fourth-order valence-corrected chi connectivity index (χ4v) is 5.03. The van der Waals surface area contributed by atoms with Crippen molar-refractivity contribution < 1.29 is 5.11 Å². The number of phenolic OH excluding ortho intramolecular Hbond substituents is 1. The number of hydrogen-bond acceptors (Lipinski definition) is 6. The van der Waals surface area contributed by atoms with Gasteiger partial charge in [-0.15, -0.1) is 5.10 Å². The molecular weight excluding hydrogens is 390 g/mol. The van der Waals surface area contributed by atoms with Crippen LogP contribution >= 0.6 is 0 Å². The molecule has 0 unspecified atom stereocenters. The Kier molecular flexibility index (Phi) is 4.37. The Balaban J connectivity index is 1.49. The van der Waals surface area contributed by atoms with Gasteiger partial charge in [0.1, 0.15) is 11.3 Å². The molecule has 31 heavy (non-hydrogen) atoms. The van der Waals surface area contributed by atoms with E-state index in [1.165, 1.54) is 0 Å². The quantitative estimate of drug-likeness (QED) is 0.464. The van der Waals surface area contributed by atoms with Gasteiger partial charge >= 0.3 is 0 Å². The maximum atomic E-state index is 10.6. The van der Waals surface area contributed by atoms with Crippen LogP contribution in [0.4, 0.5) is 0 Å². The number of aromatic amines is 1. The minimum absolute atomic E-state index is 0.00677. The van der Waals surface area contributed by atoms with Gasteiger partial charge in [0.05, 0.1) is 24.3 Å². The highest BCUT2D eigenvalue weighted by molar-refractivity contribution is 5.81. The van der Waals surface area contributed by atoms with E-state index in [1.54, 1.807) is 24.8 Å². The normalized spacial score (nSPS) is 18.5. The number of pyridine rings is 1. The minimum atomic E-state index is 0.00677. The maximum Gasteiger partial charge on any atom is 0.178 e. The third-order valence-corrected chi connectivity index (χ3v) is 5.95. The summed E-state index contributed by atoms with van der Waals surface area (Å²) in [6.45, 7) is 8.89. The van der Waals surface area contributed by atoms with E-state index in [2.05, 4.69) is 53.3 Å². The van der Waals surface area contributed by atoms with E-state index < -0.39 is 0 Å². The van der Waals surface area contributed by atoms with Crippen molar-refractivity contribution in [2.75, 3.05) is 0 Å². The molecule has 160 valence electrons. The summed E-state index contributed by atoms with van der Waals surface area (Å²) in [4.78, 5) is 11.8. The van der Waals surface area contributed by atoms with Crippen LogP contribution in [0.25, 0.3) is 33.5 Å². The molecule has 0 spiro atoms. The summed E-state index contributed by atoms with van der Waals surface area (Å²) in [6.07, 6.45) is 7.03. The Morgan fingerprint density at radius 2 is 1.81 bits per heavy atom. The molecule has 4 heterocycles. The molecule has 1 aromatic carbocycles. The van der Waals surface area contributed by atoms with E-state index in [9.17, 15) is 5.11 Å². The Hall–Kier alpha value is -3.26. The number of aromatic hydroxyl groups is 1. The minimum Gasteiger partial charge on any atom is -0.507 e. The summed E-state index contributed by atoms with van der Waals surface area (Å²) in [5, 5.41) is 23.2. The van der Waals surface area contributed by atoms with Crippen molar-refractivity contribution in [1.29, 1.82) is 0 Å². The van der Waals surface area contributed by atoms with Crippen molar-refractivity contribution in [3.05, 3.63) is 43.0 Å². The van der Waals surface area contributed by atoms with E-state index in [1.807, 2.05) is 22.9 Å². The molecule has 4 aromatic rings. The number of rotatable bonds is 3. The van der Waals surface area contributed by atoms with Crippen molar-refractivity contribution in [3.8, 4) is 28.1 Å². The van der Waals surface area contributed by atoms with Crippen LogP contribution in [-0.4, -0.2) is 46.1 Å². The predicted molar refractivity (Wildman–Crippen MR) is 120 cm³/mol. The second-order valence-corrected chi connectivity index (χ2v) is 9.75. The Morgan fingerprint density at radius 1 is 1.03 bits per heavy atom. The number of nitrogens with one attached hydrogen (secondary N) is 2. The molecule has 0 saturated carbocycles. The van der Waals surface area contributed by atoms with Gasteiger partial charge in [-0.1, -0.05) is 11.3 Å². The van der Waals surface area contributed by atoms with Crippen molar-refractivity contribution in [2.45, 2.75) is 57.7 Å². The zero-order valence-electron chi connectivity index (χ0n) is 18.2. The van der Waals surface area contributed by atoms with Gasteiger partial charge in [-0.25, -0.2) is 14.6 Å². The monoisotopic (exact) mass is 417 g/mol. The van der Waals surface area contributed by atoms with Crippen LogP contribution in [0, 0.1) is 0 Å². The molecule has 5 rings (SSSR count). The Morgan fingerprint density at radius 3 is 2.48 bits per heavy atom. The van der Waals surface area contributed by atoms with Gasteiger partial charge in [0.2, 0.25) is 0 Å². The van der Waals surface area contributed by atoms with E-state index in [0.717, 1.165) is 40.8 Å². The number of piperidine rings is 1. The van der Waals surface area contributed by atoms with Gasteiger partial charge in [-0.05, 0) is 58.7 Å². The number of hydrogen-bond donors (Lipinski definition) is 3. The number of nitrogens with zero attached hydrogens (tertiary/aromatic N) is 5. The van der Waals surface area contributed by atoms with Crippen LogP contribution < -0.4 is 5.32 Å². The first kappa shape index (κ1) is 19.7. The van der Waals surface area contributed by atoms with Crippen molar-refractivity contribution >= 4 is 11.2 Å². The van der Waals surface area contributed by atoms with Crippen LogP contribution in [0.1, 0.15) is 46.6 Å². The molecule has 0 radical (unpaired) electrons. The van der Waals surface area contributed by atoms with Gasteiger partial charge in [-0.2, -0.15) is 0 Å². The molecule has 0 atom stereocenters. The lowest BCUT2D eigenvalue weighted by Gasteiger charge is -2.46. The molecule has 1 fully saturated rings. The second kappa shape index (κ2) is 6.88. The molecule has 0 aliphatic carbocycles. The van der Waals surface area contributed by atoms with Gasteiger partial charge in [0.25, 0.3) is 0 Å². The standard InChI is InChI=1S/C23H27N7O/c1-22(2)9-16(10-23(3,4)28-22)30-21-18(27-29-30)7-15(11-25-21)17-6-5-14(8-20(17)31)19-12-24-13-26-19/h5-8,11-13,16,28,31H,9-10H2,1-4H3,(H,24,26). The first-order valence-electron chi connectivity index (χ1n) is 10.5. The molecule has 8 nitrogen and oxygen atoms in total. The summed E-state index contributed by atoms with van der Waals surface area (Å²) in [5.41, 5.74) is 4.75. The van der Waals surface area contributed by atoms with E-state index in [4.69, 9.17) is 4.98 Å². The number of aromatic nitrogens is 6. The average molecular weight is 418 g/mol. The van der Waals surface area contributed by atoms with Crippen LogP contribution in [0.3, 0.4) is 0 Å². The summed E-state index contributed by atoms with van der Waals surface area (Å²) < 4.78 is 1.96. The summed E-state index contributed by atoms with van der Waals surface area (Å²) in [6, 6.07) is 7.72. The third-order valence-electron chi connectivity index (χ3n) is 5.95. The van der Waals surface area contributed by atoms with Crippen LogP contribution in [-0.2, 0) is 0 Å². The molecule has 3 aromatic heterocycles. The molecule has 1 aliphatic rings. The summed E-state index contributed by atoms with van der Waals surface area (Å²) in [7, 11) is 0. The fraction of sp³-hybridized carbons (Fsp3) is 0.391. The number of imidazole rings is 1. The number of phenols is 1. The molecule has 3 N–H and O–H groups in total. The van der Waals surface area contributed by atoms with Crippen molar-refractivity contribution in [3.63, 3.8) is 0 Å². The van der Waals surface area contributed by atoms with Gasteiger partial charge in [0.15, 0.2) is 5.65 Å². The topological polar surface area (TPSA) is 105 Å². The fourth-order valence-electron chi connectivity index (χ4n) is 5.03. The largest absolute Gasteiger partial charge is 0.507 e. The van der Waals surface area contributed by atoms with Crippen molar-refractivity contribution in [1.82, 2.24) is 35.3 Å². The van der Waals surface area contributed by atoms with Gasteiger partial charge < -0.3 is 15.4 Å². The lowest BCUT2D eigenvalue weighted by atomic mass is 9.79. The highest BCUT2D eigenvalue weighted by atomic mass is 16.3. The predicted octanol–water partition coefficient (Wildman–Crippen LogP) is 4.07. The van der Waals surface area contributed by atoms with Crippen molar-refractivity contribution in [2.24, 2.45) is 0 Å². The number of benzene rings is 1. The molecule has 1 saturated heterocycles. The van der Waals surface area contributed by atoms with E-state index in [0.29, 0.717) is 5.56 Å². The second-order valence-electron chi connectivity index (χ2n) is 9.75. The molecule has 0 bridgehead atoms. The van der Waals surface area contributed by atoms with Crippen LogP contribution in [0.5, 0.6) is 5.75 Å². The summed E-state index contributed by atoms with van der Waals surface area (Å²) in [5.74, 6) is 0.183. The summed E-state index contributed by atoms with van der Waals surface area (Å²) >= 11 is 0. The lowest BCUT2D eigenvalue weighted by molar-refractivity contribution is 0.127. The zero-order valence-corrected chi connectivity index (χ0v) is 18.2. The highest BCUT2D eigenvalue weighted by Gasteiger charge is 2.39. The Bertz CT molecular complexity index is 1220. The zero-order chi connectivity index (χ0) is 21.8. The molecule has 0 amide bonds. The molecular formula is C23H27N7O. The first-order valence-corrected chi connectivity index (χ1v) is 10.5. The average Bonchev–Trinajstić information content (AvgIpc) is 3.35. The van der Waals surface area contributed by atoms with Gasteiger partial charge in [0, 0.05) is 34.0 Å². The van der Waals surface area contributed by atoms with Gasteiger partial charge in [-0.3, -0.25) is 0 Å². The smallest absolute Gasteiger partial charge is 0.178 e. The number of fused-ring (bicyclic) bond motifs is 1. The SMILES string of the molecule is CC1(C)CC(n2nnc3cc(-c4ccc(-c5cnc[nH]5)cc4O)cnc32)CC(C)(C)N1. The number of H-pyrrole nitrogens is 1. The molecule has 8 heteroatoms. The van der Waals surface area contributed by atoms with E-state index in [-0.39, 0.29) is 22.9 Å². The van der Waals surface area contributed by atoms with Crippen LogP contribution in [0.2, 0.25) is 0 Å². The lowest BCUT2D eigenvalue weighted by Crippen LogP contribution is -2.58. The Labute approximate surface area is 180 Å². The maximum absolute atomic E-state index is 10.6. The molecule has 1 aliphatic heterocycles.